The van der Waals surface area contributed by atoms with Gasteiger partial charge in [0, 0.05) is 12.8 Å². The molecule has 0 atom stereocenters. The normalized spacial score (nSPS) is 10.8. The van der Waals surface area contributed by atoms with Gasteiger partial charge in [0.1, 0.15) is 0 Å². The number of ether oxygens (including phenoxy) is 2. The van der Waals surface area contributed by atoms with Gasteiger partial charge in [-0.05, 0) is 19.8 Å². The third kappa shape index (κ3) is 21.2. The van der Waals surface area contributed by atoms with Gasteiger partial charge in [-0.2, -0.15) is 0 Å². The molecule has 0 rings (SSSR count). The number of esters is 2. The molecule has 4 heteroatoms. The fourth-order valence-electron chi connectivity index (χ4n) is 3.53. The van der Waals surface area contributed by atoms with Gasteiger partial charge in [0.05, 0.1) is 13.7 Å². The van der Waals surface area contributed by atoms with Crippen LogP contribution in [0.25, 0.3) is 0 Å². The smallest absolute Gasteiger partial charge is 0.305 e. The maximum absolute atomic E-state index is 11.2. The highest BCUT2D eigenvalue weighted by Gasteiger charge is 2.01. The number of carbonyl (C=O) groups is 2. The second kappa shape index (κ2) is 22.2. The van der Waals surface area contributed by atoms with Gasteiger partial charge >= 0.3 is 11.9 Å². The fourth-order valence-corrected chi connectivity index (χ4v) is 3.53. The Balaban J connectivity index is 3.07. The Hall–Kier alpha value is -1.06. The highest BCUT2D eigenvalue weighted by molar-refractivity contribution is 5.69. The molecule has 0 saturated heterocycles. The standard InChI is InChI=1S/C24H46O4/c1-3-28-24(26)22-20-18-16-14-12-10-8-6-4-5-7-9-11-13-15-17-19-21-23(25)27-2/h3-22H2,1-2H3. The Labute approximate surface area is 174 Å². The molecule has 0 unspecified atom stereocenters. The van der Waals surface area contributed by atoms with Crippen LogP contribution in [-0.4, -0.2) is 25.7 Å². The van der Waals surface area contributed by atoms with Gasteiger partial charge in [-0.15, -0.1) is 0 Å². The Morgan fingerprint density at radius 2 is 0.786 bits per heavy atom. The number of unbranched alkanes of at least 4 members (excludes halogenated alkanes) is 16. The first-order chi connectivity index (χ1) is 13.7. The van der Waals surface area contributed by atoms with Gasteiger partial charge in [-0.1, -0.05) is 96.3 Å². The summed E-state index contributed by atoms with van der Waals surface area (Å²) >= 11 is 0. The first-order valence-electron chi connectivity index (χ1n) is 11.9. The zero-order chi connectivity index (χ0) is 20.7. The molecule has 0 fully saturated rings. The molecule has 0 aliphatic carbocycles. The summed E-state index contributed by atoms with van der Waals surface area (Å²) in [5.41, 5.74) is 0. The van der Waals surface area contributed by atoms with Gasteiger partial charge in [0.2, 0.25) is 0 Å². The minimum atomic E-state index is -0.0777. The van der Waals surface area contributed by atoms with Gasteiger partial charge < -0.3 is 9.47 Å². The topological polar surface area (TPSA) is 52.6 Å². The van der Waals surface area contributed by atoms with Gasteiger partial charge in [-0.3, -0.25) is 9.59 Å². The molecule has 0 aliphatic rings. The fraction of sp³-hybridized carbons (Fsp3) is 0.917. The number of rotatable bonds is 21. The maximum atomic E-state index is 11.2. The minimum Gasteiger partial charge on any atom is -0.469 e. The third-order valence-corrected chi connectivity index (χ3v) is 5.29. The molecule has 4 nitrogen and oxygen atoms in total. The summed E-state index contributed by atoms with van der Waals surface area (Å²) in [4.78, 5) is 22.2. The van der Waals surface area contributed by atoms with Crippen molar-refractivity contribution in [1.29, 1.82) is 0 Å². The van der Waals surface area contributed by atoms with Crippen LogP contribution in [0.15, 0.2) is 0 Å². The lowest BCUT2D eigenvalue weighted by atomic mass is 10.0. The summed E-state index contributed by atoms with van der Waals surface area (Å²) in [6.45, 7) is 2.36. The van der Waals surface area contributed by atoms with Crippen molar-refractivity contribution in [2.75, 3.05) is 13.7 Å². The van der Waals surface area contributed by atoms with Crippen molar-refractivity contribution in [2.24, 2.45) is 0 Å². The lowest BCUT2D eigenvalue weighted by molar-refractivity contribution is -0.143. The van der Waals surface area contributed by atoms with E-state index in [0.717, 1.165) is 25.7 Å². The Kier molecular flexibility index (Phi) is 21.4. The lowest BCUT2D eigenvalue weighted by Crippen LogP contribution is -2.03. The summed E-state index contributed by atoms with van der Waals surface area (Å²) in [6.07, 6.45) is 22.9. The molecule has 166 valence electrons. The molecule has 0 aromatic heterocycles. The van der Waals surface area contributed by atoms with Crippen molar-refractivity contribution in [1.82, 2.24) is 0 Å². The number of hydrogen-bond donors (Lipinski definition) is 0. The molecule has 0 aromatic carbocycles. The van der Waals surface area contributed by atoms with Crippen LogP contribution in [0.4, 0.5) is 0 Å². The molecule has 0 amide bonds. The van der Waals surface area contributed by atoms with Crippen molar-refractivity contribution in [3.05, 3.63) is 0 Å². The van der Waals surface area contributed by atoms with E-state index in [0.29, 0.717) is 19.4 Å². The SMILES string of the molecule is CCOC(=O)CCCCCCCCCCCCCCCCCCCC(=O)OC. The van der Waals surface area contributed by atoms with E-state index in [2.05, 4.69) is 4.74 Å². The van der Waals surface area contributed by atoms with Crippen molar-refractivity contribution in [3.63, 3.8) is 0 Å². The zero-order valence-corrected chi connectivity index (χ0v) is 18.8. The predicted molar refractivity (Wildman–Crippen MR) is 116 cm³/mol. The minimum absolute atomic E-state index is 0.0434. The highest BCUT2D eigenvalue weighted by atomic mass is 16.5. The van der Waals surface area contributed by atoms with E-state index in [1.54, 1.807) is 0 Å². The molecular formula is C24H46O4. The second-order valence-corrected chi connectivity index (χ2v) is 7.89. The monoisotopic (exact) mass is 398 g/mol. The quantitative estimate of drug-likeness (QED) is 0.152. The van der Waals surface area contributed by atoms with Crippen LogP contribution >= 0.6 is 0 Å². The molecule has 0 saturated carbocycles. The predicted octanol–water partition coefficient (Wildman–Crippen LogP) is 7.13. The van der Waals surface area contributed by atoms with E-state index in [4.69, 9.17) is 4.74 Å². The molecule has 0 radical (unpaired) electrons. The van der Waals surface area contributed by atoms with Crippen LogP contribution in [-0.2, 0) is 19.1 Å². The number of hydrogen-bond acceptors (Lipinski definition) is 4. The van der Waals surface area contributed by atoms with Crippen LogP contribution in [0.5, 0.6) is 0 Å². The Morgan fingerprint density at radius 3 is 1.07 bits per heavy atom. The summed E-state index contributed by atoms with van der Waals surface area (Å²) < 4.78 is 9.58. The second-order valence-electron chi connectivity index (χ2n) is 7.89. The summed E-state index contributed by atoms with van der Waals surface area (Å²) in [7, 11) is 1.46. The number of carbonyl (C=O) groups excluding carboxylic acids is 2. The van der Waals surface area contributed by atoms with Gasteiger partial charge in [-0.25, -0.2) is 0 Å². The Bertz CT molecular complexity index is 355. The molecule has 0 bridgehead atoms. The van der Waals surface area contributed by atoms with Crippen molar-refractivity contribution in [2.45, 2.75) is 129 Å². The van der Waals surface area contributed by atoms with Crippen LogP contribution in [0, 0.1) is 0 Å². The van der Waals surface area contributed by atoms with Gasteiger partial charge in [0.15, 0.2) is 0 Å². The van der Waals surface area contributed by atoms with Crippen LogP contribution in [0.2, 0.25) is 0 Å². The highest BCUT2D eigenvalue weighted by Crippen LogP contribution is 2.14. The van der Waals surface area contributed by atoms with Gasteiger partial charge in [0.25, 0.3) is 0 Å². The number of methoxy groups -OCH3 is 1. The maximum Gasteiger partial charge on any atom is 0.305 e. The van der Waals surface area contributed by atoms with Crippen molar-refractivity contribution in [3.8, 4) is 0 Å². The first-order valence-corrected chi connectivity index (χ1v) is 11.9. The van der Waals surface area contributed by atoms with Crippen LogP contribution in [0.3, 0.4) is 0 Å². The molecule has 0 heterocycles. The Morgan fingerprint density at radius 1 is 0.500 bits per heavy atom. The van der Waals surface area contributed by atoms with E-state index in [1.165, 1.54) is 90.6 Å². The molecule has 0 N–H and O–H groups in total. The molecular weight excluding hydrogens is 352 g/mol. The van der Waals surface area contributed by atoms with E-state index < -0.39 is 0 Å². The molecule has 28 heavy (non-hydrogen) atoms. The van der Waals surface area contributed by atoms with E-state index in [1.807, 2.05) is 6.92 Å². The average molecular weight is 399 g/mol. The van der Waals surface area contributed by atoms with E-state index in [-0.39, 0.29) is 11.9 Å². The summed E-state index contributed by atoms with van der Waals surface area (Å²) in [6, 6.07) is 0. The first kappa shape index (κ1) is 26.9. The zero-order valence-electron chi connectivity index (χ0n) is 18.8. The summed E-state index contributed by atoms with van der Waals surface area (Å²) in [5, 5.41) is 0. The van der Waals surface area contributed by atoms with Crippen LogP contribution in [0.1, 0.15) is 129 Å². The van der Waals surface area contributed by atoms with Crippen molar-refractivity contribution < 1.29 is 19.1 Å². The molecule has 0 aromatic rings. The lowest BCUT2D eigenvalue weighted by Gasteiger charge is -2.04. The molecule has 0 aliphatic heterocycles. The third-order valence-electron chi connectivity index (χ3n) is 5.29. The van der Waals surface area contributed by atoms with E-state index in [9.17, 15) is 9.59 Å². The van der Waals surface area contributed by atoms with Crippen molar-refractivity contribution >= 4 is 11.9 Å². The van der Waals surface area contributed by atoms with Crippen LogP contribution < -0.4 is 0 Å². The largest absolute Gasteiger partial charge is 0.469 e. The summed E-state index contributed by atoms with van der Waals surface area (Å²) in [5.74, 6) is -0.121. The molecule has 0 spiro atoms. The van der Waals surface area contributed by atoms with E-state index >= 15 is 0 Å². The average Bonchev–Trinajstić information content (AvgIpc) is 2.69.